The Hall–Kier alpha value is -2.71. The van der Waals surface area contributed by atoms with E-state index in [2.05, 4.69) is 10.0 Å². The van der Waals surface area contributed by atoms with E-state index < -0.39 is 16.1 Å². The largest absolute Gasteiger partial charge is 0.352 e. The minimum absolute atomic E-state index is 0.0235. The fourth-order valence-electron chi connectivity index (χ4n) is 5.27. The molecule has 188 valence electrons. The maximum Gasteiger partial charge on any atom is 0.241 e. The highest BCUT2D eigenvalue weighted by Crippen LogP contribution is 2.34. The van der Waals surface area contributed by atoms with Gasteiger partial charge >= 0.3 is 0 Å². The molecule has 4 rings (SSSR count). The second-order valence-electron chi connectivity index (χ2n) is 9.79. The van der Waals surface area contributed by atoms with E-state index in [9.17, 15) is 18.0 Å². The molecule has 1 fully saturated rings. The van der Waals surface area contributed by atoms with Gasteiger partial charge in [-0.3, -0.25) is 9.59 Å². The maximum atomic E-state index is 13.4. The van der Waals surface area contributed by atoms with E-state index in [0.717, 1.165) is 42.5 Å². The molecule has 2 aromatic rings. The third-order valence-electron chi connectivity index (χ3n) is 7.01. The lowest BCUT2D eigenvalue weighted by Gasteiger charge is -2.23. The molecule has 2 N–H and O–H groups in total. The SMILES string of the molecule is CC(=O)N1c2ccc(S(=O)(=O)N[C@H](Cc3ccccc3)C(=O)NC3CCCCCC3)cc2C[C@@H]1C. The van der Waals surface area contributed by atoms with Gasteiger partial charge in [-0.2, -0.15) is 4.72 Å². The molecule has 1 heterocycles. The molecular formula is C27H35N3O4S. The van der Waals surface area contributed by atoms with E-state index in [4.69, 9.17) is 0 Å². The summed E-state index contributed by atoms with van der Waals surface area (Å²) in [4.78, 5) is 27.1. The quantitative estimate of drug-likeness (QED) is 0.570. The smallest absolute Gasteiger partial charge is 0.241 e. The van der Waals surface area contributed by atoms with Crippen LogP contribution in [-0.4, -0.2) is 38.4 Å². The number of nitrogens with zero attached hydrogens (tertiary/aromatic N) is 1. The van der Waals surface area contributed by atoms with Crippen molar-refractivity contribution in [2.75, 3.05) is 4.90 Å². The maximum absolute atomic E-state index is 13.4. The molecule has 7 nitrogen and oxygen atoms in total. The number of carbonyl (C=O) groups is 2. The number of carbonyl (C=O) groups excluding carboxylic acids is 2. The lowest BCUT2D eigenvalue weighted by Crippen LogP contribution is -2.50. The highest BCUT2D eigenvalue weighted by molar-refractivity contribution is 7.89. The van der Waals surface area contributed by atoms with Crippen molar-refractivity contribution < 1.29 is 18.0 Å². The van der Waals surface area contributed by atoms with E-state index in [-0.39, 0.29) is 35.2 Å². The molecule has 8 heteroatoms. The Morgan fingerprint density at radius 1 is 1.03 bits per heavy atom. The van der Waals surface area contributed by atoms with Gasteiger partial charge in [-0.05, 0) is 61.9 Å². The van der Waals surface area contributed by atoms with Crippen LogP contribution in [0.1, 0.15) is 63.5 Å². The minimum atomic E-state index is -3.96. The van der Waals surface area contributed by atoms with Crippen LogP contribution in [0.4, 0.5) is 5.69 Å². The van der Waals surface area contributed by atoms with Crippen LogP contribution < -0.4 is 14.9 Å². The Labute approximate surface area is 208 Å². The first kappa shape index (κ1) is 25.4. The molecule has 1 aliphatic carbocycles. The number of hydrogen-bond donors (Lipinski definition) is 2. The fraction of sp³-hybridized carbons (Fsp3) is 0.481. The molecule has 0 saturated heterocycles. The second-order valence-corrected chi connectivity index (χ2v) is 11.5. The van der Waals surface area contributed by atoms with Crippen molar-refractivity contribution in [1.29, 1.82) is 0 Å². The Kier molecular flexibility index (Phi) is 7.91. The molecule has 0 radical (unpaired) electrons. The van der Waals surface area contributed by atoms with Crippen LogP contribution in [0.25, 0.3) is 0 Å². The number of nitrogens with one attached hydrogen (secondary N) is 2. The van der Waals surface area contributed by atoms with Gasteiger partial charge in [-0.1, -0.05) is 56.0 Å². The van der Waals surface area contributed by atoms with E-state index in [0.29, 0.717) is 6.42 Å². The Bertz CT molecular complexity index is 1160. The summed E-state index contributed by atoms with van der Waals surface area (Å²) >= 11 is 0. The summed E-state index contributed by atoms with van der Waals surface area (Å²) in [6, 6.07) is 13.4. The van der Waals surface area contributed by atoms with Crippen molar-refractivity contribution in [3.05, 3.63) is 59.7 Å². The molecule has 2 aromatic carbocycles. The molecule has 1 saturated carbocycles. The summed E-state index contributed by atoms with van der Waals surface area (Å²) in [5.74, 6) is -0.357. The molecule has 0 bridgehead atoms. The van der Waals surface area contributed by atoms with Crippen molar-refractivity contribution in [2.24, 2.45) is 0 Å². The van der Waals surface area contributed by atoms with Gasteiger partial charge in [0, 0.05) is 24.7 Å². The Morgan fingerprint density at radius 2 is 1.71 bits per heavy atom. The number of hydrogen-bond acceptors (Lipinski definition) is 4. The normalized spacial score (nSPS) is 19.6. The van der Waals surface area contributed by atoms with Gasteiger partial charge in [0.05, 0.1) is 4.90 Å². The summed E-state index contributed by atoms with van der Waals surface area (Å²) in [7, 11) is -3.96. The monoisotopic (exact) mass is 497 g/mol. The number of sulfonamides is 1. The van der Waals surface area contributed by atoms with Crippen LogP contribution in [0.5, 0.6) is 0 Å². The zero-order valence-electron chi connectivity index (χ0n) is 20.5. The van der Waals surface area contributed by atoms with E-state index in [1.54, 1.807) is 17.0 Å². The third kappa shape index (κ3) is 6.11. The molecule has 0 spiro atoms. The fourth-order valence-corrected chi connectivity index (χ4v) is 6.52. The van der Waals surface area contributed by atoms with Gasteiger partial charge in [0.1, 0.15) is 6.04 Å². The zero-order valence-corrected chi connectivity index (χ0v) is 21.3. The van der Waals surface area contributed by atoms with Crippen LogP contribution in [0, 0.1) is 0 Å². The van der Waals surface area contributed by atoms with Crippen LogP contribution in [0.15, 0.2) is 53.4 Å². The van der Waals surface area contributed by atoms with Crippen LogP contribution >= 0.6 is 0 Å². The number of anilines is 1. The topological polar surface area (TPSA) is 95.6 Å². The first-order chi connectivity index (χ1) is 16.7. The molecule has 2 amide bonds. The number of rotatable bonds is 7. The predicted molar refractivity (Wildman–Crippen MR) is 137 cm³/mol. The zero-order chi connectivity index (χ0) is 25.0. The van der Waals surface area contributed by atoms with Gasteiger partial charge in [0.25, 0.3) is 0 Å². The average molecular weight is 498 g/mol. The molecular weight excluding hydrogens is 462 g/mol. The van der Waals surface area contributed by atoms with Crippen LogP contribution in [0.3, 0.4) is 0 Å². The van der Waals surface area contributed by atoms with Crippen molar-refractivity contribution in [3.8, 4) is 0 Å². The average Bonchev–Trinajstić information content (AvgIpc) is 2.96. The number of benzene rings is 2. The van der Waals surface area contributed by atoms with Crippen LogP contribution in [0.2, 0.25) is 0 Å². The highest BCUT2D eigenvalue weighted by Gasteiger charge is 2.32. The summed E-state index contributed by atoms with van der Waals surface area (Å²) in [5.41, 5.74) is 2.45. The van der Waals surface area contributed by atoms with E-state index >= 15 is 0 Å². The minimum Gasteiger partial charge on any atom is -0.352 e. The lowest BCUT2D eigenvalue weighted by atomic mass is 10.0. The summed E-state index contributed by atoms with van der Waals surface area (Å²) in [6.45, 7) is 3.46. The molecule has 1 aliphatic heterocycles. The van der Waals surface area contributed by atoms with Crippen molar-refractivity contribution in [1.82, 2.24) is 10.0 Å². The van der Waals surface area contributed by atoms with Gasteiger partial charge < -0.3 is 10.2 Å². The molecule has 0 unspecified atom stereocenters. The van der Waals surface area contributed by atoms with Crippen molar-refractivity contribution >= 4 is 27.5 Å². The highest BCUT2D eigenvalue weighted by atomic mass is 32.2. The standard InChI is InChI=1S/C27H35N3O4S/c1-19-16-22-18-24(14-15-26(22)30(19)20(2)31)35(33,34)29-25(17-21-10-6-5-7-11-21)27(32)28-23-12-8-3-4-9-13-23/h5-7,10-11,14-15,18-19,23,25,29H,3-4,8-9,12-13,16-17H2,1-2H3,(H,28,32)/t19-,25+/m0/s1. The van der Waals surface area contributed by atoms with E-state index in [1.165, 1.54) is 25.8 Å². The van der Waals surface area contributed by atoms with Gasteiger partial charge in [-0.25, -0.2) is 8.42 Å². The van der Waals surface area contributed by atoms with Crippen molar-refractivity contribution in [2.45, 2.75) is 88.2 Å². The summed E-state index contributed by atoms with van der Waals surface area (Å²) in [5, 5.41) is 3.11. The van der Waals surface area contributed by atoms with Gasteiger partial charge in [0.15, 0.2) is 0 Å². The Morgan fingerprint density at radius 3 is 2.37 bits per heavy atom. The third-order valence-corrected chi connectivity index (χ3v) is 8.48. The second kappa shape index (κ2) is 10.9. The molecule has 0 aromatic heterocycles. The van der Waals surface area contributed by atoms with Gasteiger partial charge in [-0.15, -0.1) is 0 Å². The summed E-state index contributed by atoms with van der Waals surface area (Å²) in [6.07, 6.45) is 7.19. The molecule has 2 atom stereocenters. The first-order valence-corrected chi connectivity index (χ1v) is 14.0. The molecule has 35 heavy (non-hydrogen) atoms. The predicted octanol–water partition coefficient (Wildman–Crippen LogP) is 3.71. The number of fused-ring (bicyclic) bond motifs is 1. The van der Waals surface area contributed by atoms with Crippen LogP contribution in [-0.2, 0) is 32.5 Å². The first-order valence-electron chi connectivity index (χ1n) is 12.5. The van der Waals surface area contributed by atoms with Gasteiger partial charge in [0.2, 0.25) is 21.8 Å². The Balaban J connectivity index is 1.56. The number of amides is 2. The van der Waals surface area contributed by atoms with E-state index in [1.807, 2.05) is 37.3 Å². The molecule has 2 aliphatic rings. The lowest BCUT2D eigenvalue weighted by molar-refractivity contribution is -0.123. The summed E-state index contributed by atoms with van der Waals surface area (Å²) < 4.78 is 29.5. The van der Waals surface area contributed by atoms with Crippen molar-refractivity contribution in [3.63, 3.8) is 0 Å².